The van der Waals surface area contributed by atoms with Crippen LogP contribution in [0.2, 0.25) is 0 Å². The summed E-state index contributed by atoms with van der Waals surface area (Å²) in [5.41, 5.74) is 2.29. The van der Waals surface area contributed by atoms with Gasteiger partial charge in [-0.3, -0.25) is 9.79 Å². The summed E-state index contributed by atoms with van der Waals surface area (Å²) in [4.78, 5) is 16.5. The van der Waals surface area contributed by atoms with Crippen LogP contribution in [0, 0.1) is 0 Å². The summed E-state index contributed by atoms with van der Waals surface area (Å²) < 4.78 is 0. The van der Waals surface area contributed by atoms with Gasteiger partial charge in [0.2, 0.25) is 0 Å². The van der Waals surface area contributed by atoms with E-state index in [9.17, 15) is 4.79 Å². The number of fused-ring (bicyclic) bond motifs is 1. The molecule has 0 aliphatic carbocycles. The van der Waals surface area contributed by atoms with Crippen LogP contribution in [-0.2, 0) is 4.79 Å². The van der Waals surface area contributed by atoms with E-state index in [2.05, 4.69) is 24.2 Å². The number of Topliss-reactive ketones (excluding diaryl/α,β-unsaturated/α-hetero) is 1. The molecule has 0 aromatic heterocycles. The lowest BCUT2D eigenvalue weighted by Crippen LogP contribution is -2.37. The smallest absolute Gasteiger partial charge is 0.187 e. The van der Waals surface area contributed by atoms with E-state index < -0.39 is 5.54 Å². The highest BCUT2D eigenvalue weighted by Gasteiger charge is 2.41. The van der Waals surface area contributed by atoms with Crippen LogP contribution in [0.5, 0.6) is 0 Å². The quantitative estimate of drug-likeness (QED) is 0.657. The van der Waals surface area contributed by atoms with Crippen molar-refractivity contribution in [1.29, 1.82) is 0 Å². The highest BCUT2D eigenvalue weighted by Crippen LogP contribution is 2.32. The van der Waals surface area contributed by atoms with E-state index in [0.29, 0.717) is 0 Å². The molecule has 3 nitrogen and oxygen atoms in total. The molecule has 2 aliphatic heterocycles. The maximum Gasteiger partial charge on any atom is 0.187 e. The molecule has 0 unspecified atom stereocenters. The predicted molar refractivity (Wildman–Crippen MR) is 61.1 cm³/mol. The molecule has 0 amide bonds. The lowest BCUT2D eigenvalue weighted by atomic mass is 9.89. The highest BCUT2D eigenvalue weighted by molar-refractivity contribution is 6.16. The van der Waals surface area contributed by atoms with Gasteiger partial charge in [-0.2, -0.15) is 0 Å². The molecule has 0 atom stereocenters. The van der Waals surface area contributed by atoms with Gasteiger partial charge in [0.1, 0.15) is 5.54 Å². The SMILES string of the molecule is CC1=C2NC(C)(C)CC2=NC(C)(C)C1=O. The van der Waals surface area contributed by atoms with Gasteiger partial charge in [0.05, 0.1) is 11.4 Å². The Morgan fingerprint density at radius 1 is 1.27 bits per heavy atom. The molecular weight excluding hydrogens is 188 g/mol. The first-order chi connectivity index (χ1) is 6.73. The molecular formula is C12H18N2O. The first-order valence-electron chi connectivity index (χ1n) is 5.36. The van der Waals surface area contributed by atoms with Gasteiger partial charge in [-0.1, -0.05) is 0 Å². The maximum atomic E-state index is 12.0. The molecule has 0 spiro atoms. The highest BCUT2D eigenvalue weighted by atomic mass is 16.1. The summed E-state index contributed by atoms with van der Waals surface area (Å²) in [5.74, 6) is 0.131. The summed E-state index contributed by atoms with van der Waals surface area (Å²) in [5, 5.41) is 3.38. The maximum absolute atomic E-state index is 12.0. The fraction of sp³-hybridized carbons (Fsp3) is 0.667. The molecule has 15 heavy (non-hydrogen) atoms. The average Bonchev–Trinajstić information content (AvgIpc) is 2.36. The monoisotopic (exact) mass is 206 g/mol. The van der Waals surface area contributed by atoms with Crippen molar-refractivity contribution >= 4 is 11.5 Å². The second kappa shape index (κ2) is 2.71. The molecule has 0 aromatic rings. The van der Waals surface area contributed by atoms with Crippen molar-refractivity contribution in [2.45, 2.75) is 52.1 Å². The van der Waals surface area contributed by atoms with E-state index in [-0.39, 0.29) is 11.3 Å². The molecule has 1 saturated heterocycles. The van der Waals surface area contributed by atoms with Crippen LogP contribution < -0.4 is 5.32 Å². The van der Waals surface area contributed by atoms with Crippen LogP contribution in [-0.4, -0.2) is 22.6 Å². The first-order valence-corrected chi connectivity index (χ1v) is 5.36. The zero-order chi connectivity index (χ0) is 11.4. The zero-order valence-electron chi connectivity index (χ0n) is 10.1. The van der Waals surface area contributed by atoms with Crippen molar-refractivity contribution < 1.29 is 4.79 Å². The van der Waals surface area contributed by atoms with Gasteiger partial charge in [-0.15, -0.1) is 0 Å². The molecule has 2 aliphatic rings. The van der Waals surface area contributed by atoms with Crippen molar-refractivity contribution in [3.8, 4) is 0 Å². The summed E-state index contributed by atoms with van der Waals surface area (Å²) >= 11 is 0. The number of ketones is 1. The Morgan fingerprint density at radius 3 is 2.47 bits per heavy atom. The number of hydrogen-bond acceptors (Lipinski definition) is 3. The second-order valence-corrected chi connectivity index (χ2v) is 5.63. The van der Waals surface area contributed by atoms with Crippen molar-refractivity contribution in [3.05, 3.63) is 11.3 Å². The van der Waals surface area contributed by atoms with Gasteiger partial charge in [0, 0.05) is 17.5 Å². The fourth-order valence-electron chi connectivity index (χ4n) is 2.33. The number of nitrogens with zero attached hydrogens (tertiary/aromatic N) is 1. The Hall–Kier alpha value is -1.12. The minimum absolute atomic E-state index is 0.0239. The van der Waals surface area contributed by atoms with E-state index in [0.717, 1.165) is 23.4 Å². The van der Waals surface area contributed by atoms with Crippen LogP contribution in [0.25, 0.3) is 0 Å². The topological polar surface area (TPSA) is 41.5 Å². The van der Waals surface area contributed by atoms with E-state index in [1.165, 1.54) is 0 Å². The second-order valence-electron chi connectivity index (χ2n) is 5.63. The van der Waals surface area contributed by atoms with E-state index >= 15 is 0 Å². The molecule has 1 fully saturated rings. The molecule has 1 N–H and O–H groups in total. The van der Waals surface area contributed by atoms with Gasteiger partial charge in [-0.25, -0.2) is 0 Å². The molecule has 2 heterocycles. The average molecular weight is 206 g/mol. The number of hydrogen-bond donors (Lipinski definition) is 1. The van der Waals surface area contributed by atoms with Crippen molar-refractivity contribution in [2.75, 3.05) is 0 Å². The third-order valence-electron chi connectivity index (χ3n) is 3.05. The molecule has 0 radical (unpaired) electrons. The molecule has 3 heteroatoms. The number of aliphatic imine (C=N–C) groups is 1. The van der Waals surface area contributed by atoms with Gasteiger partial charge >= 0.3 is 0 Å². The summed E-state index contributed by atoms with van der Waals surface area (Å²) in [6.45, 7) is 9.92. The van der Waals surface area contributed by atoms with Crippen molar-refractivity contribution in [2.24, 2.45) is 4.99 Å². The summed E-state index contributed by atoms with van der Waals surface area (Å²) in [6, 6.07) is 0. The Balaban J connectivity index is 2.52. The number of allylic oxidation sites excluding steroid dienone is 1. The van der Waals surface area contributed by atoms with E-state index in [1.54, 1.807) is 0 Å². The van der Waals surface area contributed by atoms with Crippen LogP contribution in [0.15, 0.2) is 16.3 Å². The summed E-state index contributed by atoms with van der Waals surface area (Å²) in [7, 11) is 0. The number of carbonyl (C=O) groups is 1. The van der Waals surface area contributed by atoms with E-state index in [1.807, 2.05) is 20.8 Å². The Labute approximate surface area is 90.7 Å². The van der Waals surface area contributed by atoms with Gasteiger partial charge in [-0.05, 0) is 34.6 Å². The standard InChI is InChI=1S/C12H18N2O/c1-7-9-8(6-11(2,3)14-9)13-12(4,5)10(7)15/h14H,6H2,1-5H3. The van der Waals surface area contributed by atoms with Gasteiger partial charge < -0.3 is 5.32 Å². The fourth-order valence-corrected chi connectivity index (χ4v) is 2.33. The van der Waals surface area contributed by atoms with Crippen LogP contribution >= 0.6 is 0 Å². The molecule has 0 saturated carbocycles. The Bertz CT molecular complexity index is 400. The molecule has 0 aromatic carbocycles. The zero-order valence-corrected chi connectivity index (χ0v) is 10.1. The van der Waals surface area contributed by atoms with Crippen LogP contribution in [0.3, 0.4) is 0 Å². The van der Waals surface area contributed by atoms with Gasteiger partial charge in [0.15, 0.2) is 5.78 Å². The number of dihydropyridines is 1. The van der Waals surface area contributed by atoms with E-state index in [4.69, 9.17) is 0 Å². The normalized spacial score (nSPS) is 27.3. The minimum atomic E-state index is -0.578. The lowest BCUT2D eigenvalue weighted by molar-refractivity contribution is -0.119. The number of carbonyl (C=O) groups excluding carboxylic acids is 1. The number of rotatable bonds is 0. The predicted octanol–water partition coefficient (Wildman–Crippen LogP) is 1.83. The molecule has 82 valence electrons. The number of nitrogens with one attached hydrogen (secondary N) is 1. The van der Waals surface area contributed by atoms with Gasteiger partial charge in [0.25, 0.3) is 0 Å². The van der Waals surface area contributed by atoms with Crippen LogP contribution in [0.4, 0.5) is 0 Å². The van der Waals surface area contributed by atoms with Crippen molar-refractivity contribution in [3.63, 3.8) is 0 Å². The Morgan fingerprint density at radius 2 is 1.87 bits per heavy atom. The molecule has 0 bridgehead atoms. The van der Waals surface area contributed by atoms with Crippen LogP contribution in [0.1, 0.15) is 41.0 Å². The van der Waals surface area contributed by atoms with Crippen molar-refractivity contribution in [1.82, 2.24) is 5.32 Å². The third kappa shape index (κ3) is 1.50. The lowest BCUT2D eigenvalue weighted by Gasteiger charge is -2.25. The minimum Gasteiger partial charge on any atom is -0.378 e. The third-order valence-corrected chi connectivity index (χ3v) is 3.05. The Kier molecular flexibility index (Phi) is 1.88. The first kappa shape index (κ1) is 10.4. The largest absolute Gasteiger partial charge is 0.378 e. The molecule has 2 rings (SSSR count). The summed E-state index contributed by atoms with van der Waals surface area (Å²) in [6.07, 6.45) is 0.899.